The van der Waals surface area contributed by atoms with Crippen molar-refractivity contribution < 1.29 is 29.3 Å². The first-order valence-corrected chi connectivity index (χ1v) is 12.4. The van der Waals surface area contributed by atoms with Gasteiger partial charge in [-0.15, -0.1) is 0 Å². The average molecular weight is 517 g/mol. The van der Waals surface area contributed by atoms with Crippen molar-refractivity contribution in [2.75, 3.05) is 31.0 Å². The summed E-state index contributed by atoms with van der Waals surface area (Å²) in [4.78, 5) is 27.8. The van der Waals surface area contributed by atoms with E-state index in [-0.39, 0.29) is 19.1 Å². The summed E-state index contributed by atoms with van der Waals surface area (Å²) in [6, 6.07) is 19.3. The molecule has 3 N–H and O–H groups in total. The number of hydrogen-bond acceptors (Lipinski definition) is 6. The molecule has 1 aliphatic rings. The third-order valence-corrected chi connectivity index (χ3v) is 6.76. The zero-order chi connectivity index (χ0) is 27.3. The van der Waals surface area contributed by atoms with Crippen LogP contribution in [0.5, 0.6) is 11.5 Å². The van der Waals surface area contributed by atoms with Crippen molar-refractivity contribution in [3.05, 3.63) is 95.6 Å². The Balaban J connectivity index is 1.54. The van der Waals surface area contributed by atoms with Crippen molar-refractivity contribution in [2.24, 2.45) is 5.92 Å². The molecule has 3 aromatic carbocycles. The van der Waals surface area contributed by atoms with E-state index in [1.54, 1.807) is 85.7 Å². The highest BCUT2D eigenvalue weighted by atomic mass is 16.5. The second kappa shape index (κ2) is 11.5. The number of nitrogens with one attached hydrogen (secondary N) is 1. The van der Waals surface area contributed by atoms with Gasteiger partial charge in [-0.25, -0.2) is 0 Å². The van der Waals surface area contributed by atoms with Crippen LogP contribution < -0.4 is 19.7 Å². The highest BCUT2D eigenvalue weighted by Crippen LogP contribution is 2.47. The van der Waals surface area contributed by atoms with Gasteiger partial charge in [0, 0.05) is 29.3 Å². The number of hydrogen-bond donors (Lipinski definition) is 3. The maximum absolute atomic E-state index is 13.7. The van der Waals surface area contributed by atoms with Crippen LogP contribution in [0.4, 0.5) is 11.4 Å². The summed E-state index contributed by atoms with van der Waals surface area (Å²) < 4.78 is 10.5. The molecule has 0 spiro atoms. The third-order valence-electron chi connectivity index (χ3n) is 6.76. The van der Waals surface area contributed by atoms with E-state index in [2.05, 4.69) is 5.32 Å². The largest absolute Gasteiger partial charge is 0.497 e. The SMILES string of the molecule is COc1ccc(C(=O)Nc2ccc(CN3C(=O)[C@@](O)([C@@H](C)/C=C/CCO)c4cc(OC)ccc43)cc2)cc1. The van der Waals surface area contributed by atoms with Gasteiger partial charge in [0.15, 0.2) is 5.60 Å². The van der Waals surface area contributed by atoms with Gasteiger partial charge in [0.05, 0.1) is 26.5 Å². The number of aliphatic hydroxyl groups excluding tert-OH is 1. The summed E-state index contributed by atoms with van der Waals surface area (Å²) >= 11 is 0. The van der Waals surface area contributed by atoms with Crippen LogP contribution in [-0.2, 0) is 16.9 Å². The minimum atomic E-state index is -1.78. The fraction of sp³-hybridized carbons (Fsp3) is 0.267. The molecular weight excluding hydrogens is 484 g/mol. The smallest absolute Gasteiger partial charge is 0.264 e. The number of nitrogens with zero attached hydrogens (tertiary/aromatic N) is 1. The fourth-order valence-electron chi connectivity index (χ4n) is 4.55. The van der Waals surface area contributed by atoms with E-state index in [4.69, 9.17) is 14.6 Å². The van der Waals surface area contributed by atoms with Crippen molar-refractivity contribution in [2.45, 2.75) is 25.5 Å². The standard InChI is InChI=1S/C30H32N2O6/c1-20(6-4-5-17-33)30(36)26-18-25(38-3)15-16-27(26)32(29(30)35)19-21-7-11-23(12-8-21)31-28(34)22-9-13-24(37-2)14-10-22/h4,6-16,18,20,33,36H,5,17,19H2,1-3H3,(H,31,34)/b6-4+/t20-,30+/m0/s1. The Bertz CT molecular complexity index is 1320. The number of carbonyl (C=O) groups excluding carboxylic acids is 2. The average Bonchev–Trinajstić information content (AvgIpc) is 3.16. The lowest BCUT2D eigenvalue weighted by atomic mass is 9.83. The minimum absolute atomic E-state index is 0.0112. The van der Waals surface area contributed by atoms with Gasteiger partial charge in [-0.05, 0) is 66.6 Å². The van der Waals surface area contributed by atoms with Crippen LogP contribution in [0.25, 0.3) is 0 Å². The number of amides is 2. The molecule has 2 amide bonds. The summed E-state index contributed by atoms with van der Waals surface area (Å²) in [6.07, 6.45) is 3.95. The summed E-state index contributed by atoms with van der Waals surface area (Å²) in [5.74, 6) is 0.00297. The van der Waals surface area contributed by atoms with Crippen molar-refractivity contribution in [1.29, 1.82) is 0 Å². The summed E-state index contributed by atoms with van der Waals surface area (Å²) in [5, 5.41) is 23.7. The topological polar surface area (TPSA) is 108 Å². The van der Waals surface area contributed by atoms with Gasteiger partial charge >= 0.3 is 0 Å². The van der Waals surface area contributed by atoms with E-state index in [1.807, 2.05) is 12.1 Å². The molecule has 0 saturated heterocycles. The molecule has 8 heteroatoms. The molecule has 0 radical (unpaired) electrons. The molecule has 0 bridgehead atoms. The normalized spacial score (nSPS) is 17.4. The first-order chi connectivity index (χ1) is 18.3. The lowest BCUT2D eigenvalue weighted by molar-refractivity contribution is -0.139. The van der Waals surface area contributed by atoms with Crippen molar-refractivity contribution in [3.63, 3.8) is 0 Å². The molecule has 0 saturated carbocycles. The van der Waals surface area contributed by atoms with Gasteiger partial charge in [0.1, 0.15) is 11.5 Å². The Morgan fingerprint density at radius 1 is 1.03 bits per heavy atom. The van der Waals surface area contributed by atoms with E-state index in [0.717, 1.165) is 5.56 Å². The molecule has 0 unspecified atom stereocenters. The molecule has 0 fully saturated rings. The summed E-state index contributed by atoms with van der Waals surface area (Å²) in [5.41, 5.74) is 1.26. The molecule has 4 rings (SSSR count). The first-order valence-electron chi connectivity index (χ1n) is 12.4. The van der Waals surface area contributed by atoms with Gasteiger partial charge in [-0.1, -0.05) is 31.2 Å². The molecule has 1 heterocycles. The van der Waals surface area contributed by atoms with Gasteiger partial charge in [0.25, 0.3) is 11.8 Å². The third kappa shape index (κ3) is 5.27. The number of aliphatic hydroxyl groups is 2. The minimum Gasteiger partial charge on any atom is -0.497 e. The molecule has 2 atom stereocenters. The van der Waals surface area contributed by atoms with Gasteiger partial charge < -0.3 is 29.9 Å². The van der Waals surface area contributed by atoms with E-state index < -0.39 is 17.4 Å². The second-order valence-corrected chi connectivity index (χ2v) is 9.15. The second-order valence-electron chi connectivity index (χ2n) is 9.15. The number of anilines is 2. The fourth-order valence-corrected chi connectivity index (χ4v) is 4.55. The summed E-state index contributed by atoms with van der Waals surface area (Å²) in [6.45, 7) is 2.00. The van der Waals surface area contributed by atoms with E-state index in [9.17, 15) is 14.7 Å². The predicted octanol–water partition coefficient (Wildman–Crippen LogP) is 4.27. The Morgan fingerprint density at radius 3 is 2.32 bits per heavy atom. The Labute approximate surface area is 222 Å². The highest BCUT2D eigenvalue weighted by Gasteiger charge is 2.52. The predicted molar refractivity (Wildman–Crippen MR) is 145 cm³/mol. The molecule has 38 heavy (non-hydrogen) atoms. The Hall–Kier alpha value is -4.14. The van der Waals surface area contributed by atoms with E-state index in [0.29, 0.717) is 40.4 Å². The molecule has 198 valence electrons. The molecule has 3 aromatic rings. The zero-order valence-corrected chi connectivity index (χ0v) is 21.7. The van der Waals surface area contributed by atoms with Gasteiger partial charge in [-0.2, -0.15) is 0 Å². The monoisotopic (exact) mass is 516 g/mol. The van der Waals surface area contributed by atoms with Crippen LogP contribution >= 0.6 is 0 Å². The highest BCUT2D eigenvalue weighted by molar-refractivity contribution is 6.07. The van der Waals surface area contributed by atoms with Crippen LogP contribution in [0.2, 0.25) is 0 Å². The zero-order valence-electron chi connectivity index (χ0n) is 21.7. The number of fused-ring (bicyclic) bond motifs is 1. The first kappa shape index (κ1) is 26.9. The Kier molecular flexibility index (Phi) is 8.14. The van der Waals surface area contributed by atoms with Crippen LogP contribution in [0.15, 0.2) is 78.9 Å². The number of benzene rings is 3. The molecule has 0 aliphatic carbocycles. The lowest BCUT2D eigenvalue weighted by Gasteiger charge is -2.27. The number of rotatable bonds is 10. The van der Waals surface area contributed by atoms with Crippen LogP contribution in [0, 0.1) is 5.92 Å². The quantitative estimate of drug-likeness (QED) is 0.348. The maximum Gasteiger partial charge on any atom is 0.264 e. The number of ether oxygens (including phenoxy) is 2. The van der Waals surface area contributed by atoms with Crippen molar-refractivity contribution in [3.8, 4) is 11.5 Å². The number of carbonyl (C=O) groups is 2. The van der Waals surface area contributed by atoms with Crippen molar-refractivity contribution >= 4 is 23.2 Å². The summed E-state index contributed by atoms with van der Waals surface area (Å²) in [7, 11) is 3.11. The van der Waals surface area contributed by atoms with Crippen LogP contribution in [0.3, 0.4) is 0 Å². The van der Waals surface area contributed by atoms with Gasteiger partial charge in [-0.3, -0.25) is 9.59 Å². The van der Waals surface area contributed by atoms with Crippen molar-refractivity contribution in [1.82, 2.24) is 0 Å². The van der Waals surface area contributed by atoms with E-state index >= 15 is 0 Å². The van der Waals surface area contributed by atoms with Crippen LogP contribution in [0.1, 0.15) is 34.8 Å². The Morgan fingerprint density at radius 2 is 1.68 bits per heavy atom. The number of methoxy groups -OCH3 is 2. The van der Waals surface area contributed by atoms with Gasteiger partial charge in [0.2, 0.25) is 0 Å². The maximum atomic E-state index is 13.7. The molecule has 8 nitrogen and oxygen atoms in total. The molecule has 1 aliphatic heterocycles. The molecular formula is C30H32N2O6. The lowest BCUT2D eigenvalue weighted by Crippen LogP contribution is -2.44. The molecule has 0 aromatic heterocycles. The van der Waals surface area contributed by atoms with Crippen LogP contribution in [-0.4, -0.2) is 42.9 Å². The van der Waals surface area contributed by atoms with E-state index in [1.165, 1.54) is 7.11 Å².